The van der Waals surface area contributed by atoms with E-state index in [1.54, 1.807) is 18.2 Å². The molecular formula is C13H9Br2NO2. The van der Waals surface area contributed by atoms with Gasteiger partial charge in [0, 0.05) is 14.6 Å². The van der Waals surface area contributed by atoms with Crippen molar-refractivity contribution in [3.8, 4) is 0 Å². The maximum Gasteiger partial charge on any atom is 0.337 e. The summed E-state index contributed by atoms with van der Waals surface area (Å²) in [6.45, 7) is 0. The lowest BCUT2D eigenvalue weighted by Crippen LogP contribution is -2.02. The van der Waals surface area contributed by atoms with Gasteiger partial charge >= 0.3 is 5.97 Å². The van der Waals surface area contributed by atoms with Crippen molar-refractivity contribution in [3.05, 3.63) is 57.0 Å². The number of hydrogen-bond acceptors (Lipinski definition) is 2. The van der Waals surface area contributed by atoms with Gasteiger partial charge in [0.2, 0.25) is 0 Å². The second kappa shape index (κ2) is 5.54. The van der Waals surface area contributed by atoms with Crippen LogP contribution in [-0.4, -0.2) is 11.1 Å². The normalized spacial score (nSPS) is 10.1. The van der Waals surface area contributed by atoms with Gasteiger partial charge in [-0.3, -0.25) is 0 Å². The van der Waals surface area contributed by atoms with Gasteiger partial charge in [0.1, 0.15) is 0 Å². The third-order valence-electron chi connectivity index (χ3n) is 2.34. The molecule has 2 aromatic rings. The van der Waals surface area contributed by atoms with E-state index in [1.807, 2.05) is 24.3 Å². The van der Waals surface area contributed by atoms with Crippen LogP contribution in [0.5, 0.6) is 0 Å². The number of anilines is 2. The van der Waals surface area contributed by atoms with Crippen LogP contribution in [0, 0.1) is 0 Å². The Balaban J connectivity index is 2.35. The van der Waals surface area contributed by atoms with E-state index in [0.29, 0.717) is 5.69 Å². The Morgan fingerprint density at radius 3 is 2.22 bits per heavy atom. The maximum absolute atomic E-state index is 11.1. The molecule has 0 saturated carbocycles. The van der Waals surface area contributed by atoms with Crippen LogP contribution in [0.3, 0.4) is 0 Å². The molecule has 0 aliphatic heterocycles. The molecule has 0 spiro atoms. The Morgan fingerprint density at radius 1 is 1.00 bits per heavy atom. The molecule has 0 saturated heterocycles. The summed E-state index contributed by atoms with van der Waals surface area (Å²) in [6, 6.07) is 12.5. The molecule has 2 rings (SSSR count). The molecule has 0 heterocycles. The van der Waals surface area contributed by atoms with E-state index in [2.05, 4.69) is 37.2 Å². The largest absolute Gasteiger partial charge is 0.478 e. The van der Waals surface area contributed by atoms with Crippen molar-refractivity contribution >= 4 is 49.2 Å². The summed E-state index contributed by atoms with van der Waals surface area (Å²) in [5.74, 6) is -0.956. The van der Waals surface area contributed by atoms with Gasteiger partial charge in [-0.15, -0.1) is 0 Å². The number of benzene rings is 2. The van der Waals surface area contributed by atoms with Crippen LogP contribution in [0.4, 0.5) is 11.4 Å². The first kappa shape index (κ1) is 13.1. The first-order valence-electron chi connectivity index (χ1n) is 5.12. The number of rotatable bonds is 3. The molecule has 0 bridgehead atoms. The van der Waals surface area contributed by atoms with Crippen LogP contribution in [0.1, 0.15) is 10.4 Å². The Morgan fingerprint density at radius 2 is 1.61 bits per heavy atom. The first-order chi connectivity index (χ1) is 8.56. The van der Waals surface area contributed by atoms with Crippen LogP contribution in [-0.2, 0) is 0 Å². The lowest BCUT2D eigenvalue weighted by atomic mass is 10.1. The molecule has 0 atom stereocenters. The number of carboxylic acids is 1. The molecule has 0 aliphatic carbocycles. The van der Waals surface area contributed by atoms with Gasteiger partial charge in [0.25, 0.3) is 0 Å². The van der Waals surface area contributed by atoms with Crippen molar-refractivity contribution in [2.45, 2.75) is 0 Å². The summed E-state index contributed by atoms with van der Waals surface area (Å²) in [4.78, 5) is 11.1. The van der Waals surface area contributed by atoms with Gasteiger partial charge in [-0.05, 0) is 42.5 Å². The van der Waals surface area contributed by atoms with Crippen LogP contribution in [0.2, 0.25) is 0 Å². The van der Waals surface area contributed by atoms with Gasteiger partial charge in [0.05, 0.1) is 11.3 Å². The van der Waals surface area contributed by atoms with Crippen molar-refractivity contribution in [3.63, 3.8) is 0 Å². The summed E-state index contributed by atoms with van der Waals surface area (Å²) in [5, 5.41) is 12.2. The Hall–Kier alpha value is -1.33. The molecule has 92 valence electrons. The van der Waals surface area contributed by atoms with Crippen molar-refractivity contribution in [2.24, 2.45) is 0 Å². The van der Waals surface area contributed by atoms with E-state index in [0.717, 1.165) is 14.6 Å². The van der Waals surface area contributed by atoms with Crippen molar-refractivity contribution in [1.82, 2.24) is 0 Å². The lowest BCUT2D eigenvalue weighted by molar-refractivity contribution is 0.0698. The van der Waals surface area contributed by atoms with Crippen LogP contribution in [0.15, 0.2) is 51.4 Å². The number of carbonyl (C=O) groups is 1. The number of aromatic carboxylic acids is 1. The van der Waals surface area contributed by atoms with Crippen LogP contribution >= 0.6 is 31.9 Å². The highest BCUT2D eigenvalue weighted by molar-refractivity contribution is 9.10. The third-order valence-corrected chi connectivity index (χ3v) is 3.36. The average Bonchev–Trinajstić information content (AvgIpc) is 2.32. The number of hydrogen-bond donors (Lipinski definition) is 2. The van der Waals surface area contributed by atoms with Crippen molar-refractivity contribution < 1.29 is 9.90 Å². The molecular weight excluding hydrogens is 362 g/mol. The summed E-state index contributed by atoms with van der Waals surface area (Å²) >= 11 is 6.68. The van der Waals surface area contributed by atoms with Crippen molar-refractivity contribution in [1.29, 1.82) is 0 Å². The van der Waals surface area contributed by atoms with Crippen LogP contribution < -0.4 is 5.32 Å². The summed E-state index contributed by atoms with van der Waals surface area (Å²) in [7, 11) is 0. The maximum atomic E-state index is 11.1. The molecule has 0 radical (unpaired) electrons. The summed E-state index contributed by atoms with van der Waals surface area (Å²) in [5.41, 5.74) is 1.62. The Kier molecular flexibility index (Phi) is 4.04. The Labute approximate surface area is 121 Å². The predicted octanol–water partition coefficient (Wildman–Crippen LogP) is 4.65. The topological polar surface area (TPSA) is 49.3 Å². The molecule has 0 amide bonds. The minimum Gasteiger partial charge on any atom is -0.478 e. The highest BCUT2D eigenvalue weighted by atomic mass is 79.9. The molecule has 0 fully saturated rings. The van der Waals surface area contributed by atoms with Gasteiger partial charge in [-0.1, -0.05) is 31.9 Å². The third kappa shape index (κ3) is 3.11. The van der Waals surface area contributed by atoms with E-state index >= 15 is 0 Å². The Bertz CT molecular complexity index is 582. The molecule has 2 N–H and O–H groups in total. The quantitative estimate of drug-likeness (QED) is 0.826. The molecule has 2 aromatic carbocycles. The number of halogens is 2. The highest BCUT2D eigenvalue weighted by Gasteiger charge is 2.10. The highest BCUT2D eigenvalue weighted by Crippen LogP contribution is 2.25. The van der Waals surface area contributed by atoms with E-state index < -0.39 is 5.97 Å². The lowest BCUT2D eigenvalue weighted by Gasteiger charge is -2.10. The SMILES string of the molecule is O=C(O)c1ccc(Br)cc1Nc1ccc(Br)cc1. The fraction of sp³-hybridized carbons (Fsp3) is 0. The minimum absolute atomic E-state index is 0.237. The van der Waals surface area contributed by atoms with Gasteiger partial charge in [0.15, 0.2) is 0 Å². The standard InChI is InChI=1S/C13H9Br2NO2/c14-8-1-4-10(5-2-8)16-12-7-9(15)3-6-11(12)13(17)18/h1-7,16H,(H,17,18). The fourth-order valence-corrected chi connectivity index (χ4v) is 2.12. The van der Waals surface area contributed by atoms with Gasteiger partial charge in [-0.2, -0.15) is 0 Å². The van der Waals surface area contributed by atoms with E-state index in [1.165, 1.54) is 0 Å². The van der Waals surface area contributed by atoms with Gasteiger partial charge < -0.3 is 10.4 Å². The van der Waals surface area contributed by atoms with Crippen molar-refractivity contribution in [2.75, 3.05) is 5.32 Å². The summed E-state index contributed by atoms with van der Waals surface area (Å²) in [6.07, 6.45) is 0. The molecule has 18 heavy (non-hydrogen) atoms. The zero-order valence-electron chi connectivity index (χ0n) is 9.15. The zero-order chi connectivity index (χ0) is 13.1. The molecule has 0 aliphatic rings. The van der Waals surface area contributed by atoms with E-state index in [4.69, 9.17) is 5.11 Å². The molecule has 5 heteroatoms. The summed E-state index contributed by atoms with van der Waals surface area (Å²) < 4.78 is 1.80. The van der Waals surface area contributed by atoms with Crippen LogP contribution in [0.25, 0.3) is 0 Å². The number of nitrogens with one attached hydrogen (secondary N) is 1. The van der Waals surface area contributed by atoms with E-state index in [-0.39, 0.29) is 5.56 Å². The smallest absolute Gasteiger partial charge is 0.337 e. The van der Waals surface area contributed by atoms with Gasteiger partial charge in [-0.25, -0.2) is 4.79 Å². The molecule has 3 nitrogen and oxygen atoms in total. The second-order valence-electron chi connectivity index (χ2n) is 3.63. The average molecular weight is 371 g/mol. The fourth-order valence-electron chi connectivity index (χ4n) is 1.50. The molecule has 0 aromatic heterocycles. The van der Waals surface area contributed by atoms with E-state index in [9.17, 15) is 4.79 Å². The first-order valence-corrected chi connectivity index (χ1v) is 6.70. The minimum atomic E-state index is -0.956. The number of carboxylic acid groups (broad SMARTS) is 1. The zero-order valence-corrected chi connectivity index (χ0v) is 12.3. The monoisotopic (exact) mass is 369 g/mol. The molecule has 0 unspecified atom stereocenters. The second-order valence-corrected chi connectivity index (χ2v) is 5.46. The predicted molar refractivity (Wildman–Crippen MR) is 78.5 cm³/mol.